The molecule has 0 aromatic rings. The smallest absolute Gasteiger partial charge is 0.249 e. The van der Waals surface area contributed by atoms with Crippen LogP contribution in [0.3, 0.4) is 0 Å². The van der Waals surface area contributed by atoms with Gasteiger partial charge in [0.05, 0.1) is 25.4 Å². The maximum Gasteiger partial charge on any atom is 0.249 e. The Morgan fingerprint density at radius 3 is 1.35 bits per heavy atom. The first kappa shape index (κ1) is 62.6. The van der Waals surface area contributed by atoms with E-state index in [9.17, 15) is 40.5 Å². The number of carbonyl (C=O) groups excluding carboxylic acids is 1. The maximum atomic E-state index is 13.1. The van der Waals surface area contributed by atoms with Crippen molar-refractivity contribution in [3.8, 4) is 0 Å². The van der Waals surface area contributed by atoms with Crippen molar-refractivity contribution in [2.45, 2.75) is 306 Å². The van der Waals surface area contributed by atoms with E-state index < -0.39 is 74.2 Å². The molecule has 1 heterocycles. The summed E-state index contributed by atoms with van der Waals surface area (Å²) in [5, 5.41) is 75.4. The van der Waals surface area contributed by atoms with E-state index in [4.69, 9.17) is 9.47 Å². The van der Waals surface area contributed by atoms with Gasteiger partial charge in [-0.15, -0.1) is 0 Å². The number of hydrogen-bond donors (Lipinski definition) is 8. The van der Waals surface area contributed by atoms with E-state index >= 15 is 0 Å². The second-order valence-electron chi connectivity index (χ2n) is 19.6. The van der Waals surface area contributed by atoms with Crippen LogP contribution in [-0.4, -0.2) is 110 Å². The number of nitrogens with one attached hydrogen (secondary N) is 1. The Kier molecular flexibility index (Phi) is 42.5. The average Bonchev–Trinajstić information content (AvgIpc) is 3.32. The van der Waals surface area contributed by atoms with Crippen LogP contribution in [0.4, 0.5) is 0 Å². The van der Waals surface area contributed by atoms with Crippen molar-refractivity contribution in [1.29, 1.82) is 0 Å². The average molecular weight is 940 g/mol. The fourth-order valence-electron chi connectivity index (χ4n) is 8.89. The second kappa shape index (κ2) is 44.8. The molecule has 9 unspecified atom stereocenters. The molecule has 0 aromatic carbocycles. The van der Waals surface area contributed by atoms with Gasteiger partial charge in [0.2, 0.25) is 5.91 Å². The van der Waals surface area contributed by atoms with Crippen LogP contribution in [0.25, 0.3) is 0 Å². The molecule has 1 aliphatic heterocycles. The summed E-state index contributed by atoms with van der Waals surface area (Å²) in [6.45, 7) is 3.35. The molecule has 1 amide bonds. The van der Waals surface area contributed by atoms with Crippen molar-refractivity contribution in [1.82, 2.24) is 5.32 Å². The quantitative estimate of drug-likeness (QED) is 0.0215. The van der Waals surface area contributed by atoms with Crippen molar-refractivity contribution >= 4 is 5.91 Å². The van der Waals surface area contributed by atoms with Crippen molar-refractivity contribution in [3.63, 3.8) is 0 Å². The van der Waals surface area contributed by atoms with E-state index in [1.54, 1.807) is 0 Å². The van der Waals surface area contributed by atoms with Crippen LogP contribution in [0, 0.1) is 0 Å². The molecule has 0 aromatic heterocycles. The lowest BCUT2D eigenvalue weighted by molar-refractivity contribution is -0.303. The minimum Gasteiger partial charge on any atom is -0.394 e. The number of hydrogen-bond acceptors (Lipinski definition) is 10. The van der Waals surface area contributed by atoms with Gasteiger partial charge in [-0.3, -0.25) is 4.79 Å². The van der Waals surface area contributed by atoms with Gasteiger partial charge in [0.25, 0.3) is 0 Å². The van der Waals surface area contributed by atoms with E-state index in [2.05, 4.69) is 43.5 Å². The molecular formula is C55H105NO10. The monoisotopic (exact) mass is 940 g/mol. The van der Waals surface area contributed by atoms with E-state index in [0.29, 0.717) is 12.8 Å². The lowest BCUT2D eigenvalue weighted by Gasteiger charge is -2.40. The number of aliphatic hydroxyl groups excluding tert-OH is 7. The highest BCUT2D eigenvalue weighted by atomic mass is 16.7. The lowest BCUT2D eigenvalue weighted by atomic mass is 9.98. The summed E-state index contributed by atoms with van der Waals surface area (Å²) in [4.78, 5) is 13.1. The molecule has 1 fully saturated rings. The highest BCUT2D eigenvalue weighted by molar-refractivity contribution is 5.80. The molecule has 1 rings (SSSR count). The Hall–Kier alpha value is -1.41. The van der Waals surface area contributed by atoms with Crippen molar-refractivity contribution in [2.24, 2.45) is 0 Å². The van der Waals surface area contributed by atoms with Crippen LogP contribution in [0.1, 0.15) is 251 Å². The van der Waals surface area contributed by atoms with Gasteiger partial charge in [0, 0.05) is 0 Å². The van der Waals surface area contributed by atoms with Crippen LogP contribution >= 0.6 is 0 Å². The van der Waals surface area contributed by atoms with Gasteiger partial charge < -0.3 is 50.5 Å². The van der Waals surface area contributed by atoms with Crippen LogP contribution < -0.4 is 5.32 Å². The Labute approximate surface area is 404 Å². The summed E-state index contributed by atoms with van der Waals surface area (Å²) >= 11 is 0. The molecule has 390 valence electrons. The molecule has 66 heavy (non-hydrogen) atoms. The molecule has 0 radical (unpaired) electrons. The maximum absolute atomic E-state index is 13.1. The van der Waals surface area contributed by atoms with E-state index in [0.717, 1.165) is 44.9 Å². The highest BCUT2D eigenvalue weighted by Crippen LogP contribution is 2.23. The molecule has 0 bridgehead atoms. The first-order chi connectivity index (χ1) is 32.2. The molecule has 8 N–H and O–H groups in total. The van der Waals surface area contributed by atoms with Gasteiger partial charge >= 0.3 is 0 Å². The Bertz CT molecular complexity index is 1120. The third-order valence-electron chi connectivity index (χ3n) is 13.5. The van der Waals surface area contributed by atoms with Gasteiger partial charge in [0.15, 0.2) is 6.29 Å². The number of allylic oxidation sites excluding steroid dienone is 4. The third kappa shape index (κ3) is 33.2. The second-order valence-corrected chi connectivity index (χ2v) is 19.6. The van der Waals surface area contributed by atoms with Crippen LogP contribution in [0.2, 0.25) is 0 Å². The topological polar surface area (TPSA) is 189 Å². The van der Waals surface area contributed by atoms with Crippen LogP contribution in [-0.2, 0) is 14.3 Å². The molecule has 0 aliphatic carbocycles. The molecule has 1 aliphatic rings. The molecule has 0 saturated carbocycles. The lowest BCUT2D eigenvalue weighted by Crippen LogP contribution is -2.60. The highest BCUT2D eigenvalue weighted by Gasteiger charge is 2.44. The van der Waals surface area contributed by atoms with Gasteiger partial charge in [-0.25, -0.2) is 0 Å². The van der Waals surface area contributed by atoms with Crippen molar-refractivity contribution in [2.75, 3.05) is 13.2 Å². The summed E-state index contributed by atoms with van der Waals surface area (Å²) in [7, 11) is 0. The largest absolute Gasteiger partial charge is 0.394 e. The van der Waals surface area contributed by atoms with Gasteiger partial charge in [0.1, 0.15) is 36.6 Å². The zero-order valence-electron chi connectivity index (χ0n) is 42.4. The number of rotatable bonds is 47. The number of carbonyl (C=O) groups is 1. The van der Waals surface area contributed by atoms with Crippen molar-refractivity contribution in [3.05, 3.63) is 24.3 Å². The van der Waals surface area contributed by atoms with E-state index in [1.165, 1.54) is 167 Å². The molecule has 11 nitrogen and oxygen atoms in total. The zero-order valence-corrected chi connectivity index (χ0v) is 42.4. The standard InChI is InChI=1S/C55H105NO10/c1-3-5-7-9-11-12-13-14-15-16-17-18-19-20-21-22-23-24-25-26-27-28-29-30-31-32-33-34-35-37-39-41-43-48(59)54(64)56-46(50(60)47(58)42-40-38-36-10-8-6-4-2)45-65-55-53(63)52(62)51(61)49(44-57)66-55/h10,20-21,36,46-53,55,57-63H,3-9,11-19,22-35,37-45H2,1-2H3,(H,56,64)/b21-20-,36-10+. The summed E-state index contributed by atoms with van der Waals surface area (Å²) < 4.78 is 11.0. The first-order valence-corrected chi connectivity index (χ1v) is 27.7. The zero-order chi connectivity index (χ0) is 48.3. The fraction of sp³-hybridized carbons (Fsp3) is 0.909. The summed E-state index contributed by atoms with van der Waals surface area (Å²) in [5.41, 5.74) is 0. The molecular weight excluding hydrogens is 835 g/mol. The van der Waals surface area contributed by atoms with Gasteiger partial charge in [-0.1, -0.05) is 218 Å². The summed E-state index contributed by atoms with van der Waals surface area (Å²) in [5.74, 6) is -0.707. The van der Waals surface area contributed by atoms with E-state index in [-0.39, 0.29) is 12.8 Å². The number of amides is 1. The fourth-order valence-corrected chi connectivity index (χ4v) is 8.89. The minimum absolute atomic E-state index is 0.256. The number of aliphatic hydroxyl groups is 7. The minimum atomic E-state index is -1.66. The Morgan fingerprint density at radius 2 is 0.909 bits per heavy atom. The number of unbranched alkanes of at least 4 members (excludes halogenated alkanes) is 31. The molecule has 9 atom stereocenters. The van der Waals surface area contributed by atoms with Crippen LogP contribution in [0.5, 0.6) is 0 Å². The van der Waals surface area contributed by atoms with Crippen LogP contribution in [0.15, 0.2) is 24.3 Å². The SMILES string of the molecule is CCCC/C=C/CCCC(O)C(O)C(COC1OC(CO)C(O)C(O)C1O)NC(=O)C(O)CCCCCCCCCCCCCCCCCC/C=C\CCCCCCCCCCCCCC. The summed E-state index contributed by atoms with van der Waals surface area (Å²) in [6.07, 6.45) is 41.7. The van der Waals surface area contributed by atoms with E-state index in [1.807, 2.05) is 0 Å². The first-order valence-electron chi connectivity index (χ1n) is 27.7. The predicted molar refractivity (Wildman–Crippen MR) is 270 cm³/mol. The van der Waals surface area contributed by atoms with Gasteiger partial charge in [-0.2, -0.15) is 0 Å². The van der Waals surface area contributed by atoms with Crippen molar-refractivity contribution < 1.29 is 50.0 Å². The normalized spacial score (nSPS) is 20.9. The Balaban J connectivity index is 2.13. The predicted octanol–water partition coefficient (Wildman–Crippen LogP) is 11.0. The molecule has 1 saturated heterocycles. The number of ether oxygens (including phenoxy) is 2. The summed E-state index contributed by atoms with van der Waals surface area (Å²) in [6, 6.07) is -1.18. The Morgan fingerprint density at radius 1 is 0.515 bits per heavy atom. The van der Waals surface area contributed by atoms with Gasteiger partial charge in [-0.05, 0) is 57.8 Å². The third-order valence-corrected chi connectivity index (χ3v) is 13.5. The molecule has 0 spiro atoms. The molecule has 11 heteroatoms.